The molecule has 1 fully saturated rings. The van der Waals surface area contributed by atoms with Crippen molar-refractivity contribution in [3.05, 3.63) is 0 Å². The predicted molar refractivity (Wildman–Crippen MR) is 62.0 cm³/mol. The van der Waals surface area contributed by atoms with Crippen LogP contribution in [0.25, 0.3) is 0 Å². The highest BCUT2D eigenvalue weighted by atomic mass is 16.5. The van der Waals surface area contributed by atoms with Gasteiger partial charge in [-0.3, -0.25) is 4.90 Å². The second-order valence-electron chi connectivity index (χ2n) is 4.61. The van der Waals surface area contributed by atoms with Crippen LogP contribution in [0.15, 0.2) is 0 Å². The van der Waals surface area contributed by atoms with Crippen molar-refractivity contribution >= 4 is 0 Å². The van der Waals surface area contributed by atoms with Crippen LogP contribution in [0.5, 0.6) is 0 Å². The number of hydrogen-bond donors (Lipinski definition) is 1. The smallest absolute Gasteiger partial charge is 0.0698 e. The molecule has 0 bridgehead atoms. The molecule has 0 amide bonds. The van der Waals surface area contributed by atoms with Gasteiger partial charge in [0.05, 0.1) is 19.8 Å². The van der Waals surface area contributed by atoms with E-state index in [-0.39, 0.29) is 6.61 Å². The second-order valence-corrected chi connectivity index (χ2v) is 4.61. The molecule has 0 unspecified atom stereocenters. The van der Waals surface area contributed by atoms with Gasteiger partial charge in [0.25, 0.3) is 0 Å². The van der Waals surface area contributed by atoms with E-state index in [1.807, 2.05) is 0 Å². The molecule has 0 aromatic carbocycles. The maximum absolute atomic E-state index is 8.61. The molecule has 0 aromatic heterocycles. The lowest BCUT2D eigenvalue weighted by atomic mass is 10.1. The Morgan fingerprint density at radius 1 is 1.27 bits per heavy atom. The average molecular weight is 215 g/mol. The minimum Gasteiger partial charge on any atom is -0.394 e. The number of nitrogens with zero attached hydrogens (tertiary/aromatic N) is 1. The van der Waals surface area contributed by atoms with Crippen LogP contribution < -0.4 is 0 Å². The van der Waals surface area contributed by atoms with Crippen molar-refractivity contribution in [1.29, 1.82) is 0 Å². The topological polar surface area (TPSA) is 32.7 Å². The van der Waals surface area contributed by atoms with Gasteiger partial charge in [0.15, 0.2) is 0 Å². The monoisotopic (exact) mass is 215 g/mol. The molecule has 0 aromatic rings. The summed E-state index contributed by atoms with van der Waals surface area (Å²) < 4.78 is 5.33. The fourth-order valence-corrected chi connectivity index (χ4v) is 2.43. The molecule has 1 rings (SSSR count). The Labute approximate surface area is 93.4 Å². The van der Waals surface area contributed by atoms with Crippen molar-refractivity contribution < 1.29 is 9.84 Å². The van der Waals surface area contributed by atoms with E-state index in [1.165, 1.54) is 25.7 Å². The Morgan fingerprint density at radius 2 is 1.93 bits per heavy atom. The molecular weight excluding hydrogens is 190 g/mol. The highest BCUT2D eigenvalue weighted by Gasteiger charge is 2.23. The van der Waals surface area contributed by atoms with Gasteiger partial charge in [-0.1, -0.05) is 12.8 Å². The molecule has 0 aliphatic heterocycles. The van der Waals surface area contributed by atoms with Gasteiger partial charge in [-0.25, -0.2) is 0 Å². The molecule has 0 spiro atoms. The van der Waals surface area contributed by atoms with Crippen LogP contribution in [0.3, 0.4) is 0 Å². The second kappa shape index (κ2) is 7.20. The van der Waals surface area contributed by atoms with E-state index < -0.39 is 0 Å². The van der Waals surface area contributed by atoms with Gasteiger partial charge in [0.2, 0.25) is 0 Å². The molecular formula is C12H25NO2. The van der Waals surface area contributed by atoms with Crippen LogP contribution in [-0.2, 0) is 4.74 Å². The fourth-order valence-electron chi connectivity index (χ4n) is 2.43. The zero-order chi connectivity index (χ0) is 11.1. The van der Waals surface area contributed by atoms with Crippen molar-refractivity contribution in [2.24, 2.45) is 0 Å². The molecule has 0 radical (unpaired) electrons. The van der Waals surface area contributed by atoms with E-state index in [2.05, 4.69) is 18.7 Å². The van der Waals surface area contributed by atoms with Crippen LogP contribution in [0.4, 0.5) is 0 Å². The van der Waals surface area contributed by atoms with E-state index in [4.69, 9.17) is 9.84 Å². The summed E-state index contributed by atoms with van der Waals surface area (Å²) in [6.45, 7) is 6.86. The van der Waals surface area contributed by atoms with E-state index in [0.29, 0.717) is 12.6 Å². The van der Waals surface area contributed by atoms with Crippen LogP contribution in [0.1, 0.15) is 39.5 Å². The Kier molecular flexibility index (Phi) is 6.22. The first-order valence-electron chi connectivity index (χ1n) is 6.20. The minimum atomic E-state index is 0.130. The van der Waals surface area contributed by atoms with Gasteiger partial charge in [0, 0.05) is 18.6 Å². The van der Waals surface area contributed by atoms with Gasteiger partial charge >= 0.3 is 0 Å². The maximum atomic E-state index is 8.61. The summed E-state index contributed by atoms with van der Waals surface area (Å²) in [4.78, 5) is 2.55. The van der Waals surface area contributed by atoms with E-state index in [9.17, 15) is 0 Å². The largest absolute Gasteiger partial charge is 0.394 e. The van der Waals surface area contributed by atoms with Gasteiger partial charge in [-0.2, -0.15) is 0 Å². The molecule has 3 heteroatoms. The van der Waals surface area contributed by atoms with Crippen LogP contribution >= 0.6 is 0 Å². The SMILES string of the molecule is CC(C)N(CCOCCO)C1CCCC1. The lowest BCUT2D eigenvalue weighted by Gasteiger charge is -2.32. The average Bonchev–Trinajstić information content (AvgIpc) is 2.70. The Hall–Kier alpha value is -0.120. The molecule has 90 valence electrons. The maximum Gasteiger partial charge on any atom is 0.0698 e. The zero-order valence-electron chi connectivity index (χ0n) is 10.1. The summed E-state index contributed by atoms with van der Waals surface area (Å²) in [6.07, 6.45) is 5.45. The van der Waals surface area contributed by atoms with Crippen molar-refractivity contribution in [3.8, 4) is 0 Å². The van der Waals surface area contributed by atoms with E-state index >= 15 is 0 Å². The molecule has 0 atom stereocenters. The number of aliphatic hydroxyl groups excluding tert-OH is 1. The minimum absolute atomic E-state index is 0.130. The van der Waals surface area contributed by atoms with Crippen molar-refractivity contribution in [2.75, 3.05) is 26.4 Å². The summed E-state index contributed by atoms with van der Waals surface area (Å²) >= 11 is 0. The highest BCUT2D eigenvalue weighted by molar-refractivity contribution is 4.79. The van der Waals surface area contributed by atoms with Gasteiger partial charge in [-0.15, -0.1) is 0 Å². The number of ether oxygens (including phenoxy) is 1. The van der Waals surface area contributed by atoms with Gasteiger partial charge in [0.1, 0.15) is 0 Å². The number of hydrogen-bond acceptors (Lipinski definition) is 3. The highest BCUT2D eigenvalue weighted by Crippen LogP contribution is 2.24. The number of rotatable bonds is 7. The first-order valence-corrected chi connectivity index (χ1v) is 6.20. The Balaban J connectivity index is 2.24. The standard InChI is InChI=1S/C12H25NO2/c1-11(2)13(7-9-15-10-8-14)12-5-3-4-6-12/h11-12,14H,3-10H2,1-2H3. The first-order chi connectivity index (χ1) is 7.25. The molecule has 1 saturated carbocycles. The van der Waals surface area contributed by atoms with Crippen LogP contribution in [-0.4, -0.2) is 48.5 Å². The summed E-state index contributed by atoms with van der Waals surface area (Å²) in [5.74, 6) is 0. The fraction of sp³-hybridized carbons (Fsp3) is 1.00. The first kappa shape index (κ1) is 12.9. The van der Waals surface area contributed by atoms with Crippen molar-refractivity contribution in [3.63, 3.8) is 0 Å². The zero-order valence-corrected chi connectivity index (χ0v) is 10.1. The van der Waals surface area contributed by atoms with Crippen LogP contribution in [0, 0.1) is 0 Å². The summed E-state index contributed by atoms with van der Waals surface area (Å²) in [5.41, 5.74) is 0. The number of aliphatic hydroxyl groups is 1. The molecule has 15 heavy (non-hydrogen) atoms. The van der Waals surface area contributed by atoms with Crippen molar-refractivity contribution in [2.45, 2.75) is 51.6 Å². The van der Waals surface area contributed by atoms with Gasteiger partial charge in [-0.05, 0) is 26.7 Å². The third kappa shape index (κ3) is 4.49. The Bertz CT molecular complexity index is 156. The van der Waals surface area contributed by atoms with Crippen molar-refractivity contribution in [1.82, 2.24) is 4.90 Å². The quantitative estimate of drug-likeness (QED) is 0.655. The molecule has 1 aliphatic carbocycles. The summed E-state index contributed by atoms with van der Waals surface area (Å²) in [5, 5.41) is 8.61. The molecule has 1 aliphatic rings. The molecule has 1 N–H and O–H groups in total. The summed E-state index contributed by atoms with van der Waals surface area (Å²) in [6, 6.07) is 1.37. The van der Waals surface area contributed by atoms with Gasteiger partial charge < -0.3 is 9.84 Å². The van der Waals surface area contributed by atoms with E-state index in [0.717, 1.165) is 19.2 Å². The van der Waals surface area contributed by atoms with Crippen LogP contribution in [0.2, 0.25) is 0 Å². The third-order valence-corrected chi connectivity index (χ3v) is 3.19. The third-order valence-electron chi connectivity index (χ3n) is 3.19. The predicted octanol–water partition coefficient (Wildman–Crippen LogP) is 1.65. The van der Waals surface area contributed by atoms with E-state index in [1.54, 1.807) is 0 Å². The molecule has 3 nitrogen and oxygen atoms in total. The lowest BCUT2D eigenvalue weighted by Crippen LogP contribution is -2.41. The summed E-state index contributed by atoms with van der Waals surface area (Å²) in [7, 11) is 0. The lowest BCUT2D eigenvalue weighted by molar-refractivity contribution is 0.0531. The molecule has 0 saturated heterocycles. The normalized spacial score (nSPS) is 18.2. The molecule has 0 heterocycles. The Morgan fingerprint density at radius 3 is 2.47 bits per heavy atom.